The Hall–Kier alpha value is -2.14. The third-order valence-corrected chi connectivity index (χ3v) is 4.78. The number of carbonyl (C=O) groups excluding carboxylic acids is 1. The van der Waals surface area contributed by atoms with Gasteiger partial charge in [0.05, 0.1) is 5.69 Å². The highest BCUT2D eigenvalue weighted by Crippen LogP contribution is 2.25. The number of aryl methyl sites for hydroxylation is 1. The van der Waals surface area contributed by atoms with Crippen molar-refractivity contribution in [2.75, 3.05) is 5.32 Å². The summed E-state index contributed by atoms with van der Waals surface area (Å²) in [5.74, 6) is -0.268. The van der Waals surface area contributed by atoms with E-state index in [1.54, 1.807) is 24.3 Å². The van der Waals surface area contributed by atoms with Crippen LogP contribution in [0, 0.1) is 6.92 Å². The minimum absolute atomic E-state index is 0.268. The molecule has 1 aromatic heterocycles. The van der Waals surface area contributed by atoms with Crippen LogP contribution in [0.3, 0.4) is 0 Å². The molecule has 3 nitrogen and oxygen atoms in total. The van der Waals surface area contributed by atoms with Gasteiger partial charge in [0.2, 0.25) is 5.91 Å². The lowest BCUT2D eigenvalue weighted by Crippen LogP contribution is -2.07. The Labute approximate surface area is 159 Å². The molecule has 0 aliphatic carbocycles. The molecule has 2 aromatic carbocycles. The Bertz CT molecular complexity index is 933. The number of nitrogens with zero attached hydrogens (tertiary/aromatic N) is 1. The van der Waals surface area contributed by atoms with Gasteiger partial charge in [-0.25, -0.2) is 4.98 Å². The van der Waals surface area contributed by atoms with Crippen LogP contribution in [0.1, 0.15) is 11.1 Å². The summed E-state index contributed by atoms with van der Waals surface area (Å²) in [5.41, 5.74) is 3.77. The summed E-state index contributed by atoms with van der Waals surface area (Å²) in [7, 11) is 0. The maximum Gasteiger partial charge on any atom is 0.250 e. The Morgan fingerprint density at radius 1 is 1.16 bits per heavy atom. The highest BCUT2D eigenvalue weighted by Gasteiger charge is 2.06. The maximum atomic E-state index is 12.1. The summed E-state index contributed by atoms with van der Waals surface area (Å²) in [6, 6.07) is 13.2. The van der Waals surface area contributed by atoms with Crippen LogP contribution in [-0.4, -0.2) is 10.9 Å². The fourth-order valence-corrected chi connectivity index (χ4v) is 3.33. The van der Waals surface area contributed by atoms with Gasteiger partial charge >= 0.3 is 0 Å². The number of anilines is 1. The van der Waals surface area contributed by atoms with E-state index in [0.717, 1.165) is 16.8 Å². The first-order chi connectivity index (χ1) is 12.0. The van der Waals surface area contributed by atoms with E-state index in [9.17, 15) is 4.79 Å². The first-order valence-corrected chi connectivity index (χ1v) is 9.11. The molecule has 0 bridgehead atoms. The van der Waals surface area contributed by atoms with Gasteiger partial charge in [-0.3, -0.25) is 10.1 Å². The van der Waals surface area contributed by atoms with E-state index in [0.29, 0.717) is 15.2 Å². The zero-order valence-electron chi connectivity index (χ0n) is 13.3. The standard InChI is InChI=1S/C19H14Cl2N2OS/c1-12-2-4-14(5-3-12)17-11-25-19(22-17)23-18(24)9-7-13-6-8-15(20)10-16(13)21/h2-11H,1H3,(H,22,23,24)/b9-7+. The molecular formula is C19H14Cl2N2OS. The topological polar surface area (TPSA) is 42.0 Å². The second-order valence-corrected chi connectivity index (χ2v) is 7.09. The van der Waals surface area contributed by atoms with Gasteiger partial charge in [0.1, 0.15) is 0 Å². The largest absolute Gasteiger partial charge is 0.298 e. The Morgan fingerprint density at radius 3 is 2.64 bits per heavy atom. The Kier molecular flexibility index (Phi) is 5.53. The van der Waals surface area contributed by atoms with Gasteiger partial charge in [0, 0.05) is 27.1 Å². The Morgan fingerprint density at radius 2 is 1.92 bits per heavy atom. The number of aromatic nitrogens is 1. The predicted octanol–water partition coefficient (Wildman–Crippen LogP) is 6.08. The third-order valence-electron chi connectivity index (χ3n) is 3.46. The van der Waals surface area contributed by atoms with E-state index in [1.807, 2.05) is 36.6 Å². The van der Waals surface area contributed by atoms with Crippen LogP contribution in [0.4, 0.5) is 5.13 Å². The molecule has 0 aliphatic rings. The van der Waals surface area contributed by atoms with E-state index >= 15 is 0 Å². The zero-order chi connectivity index (χ0) is 17.8. The number of carbonyl (C=O) groups is 1. The molecule has 0 unspecified atom stereocenters. The van der Waals surface area contributed by atoms with Crippen molar-refractivity contribution >= 4 is 51.7 Å². The first kappa shape index (κ1) is 17.7. The fourth-order valence-electron chi connectivity index (χ4n) is 2.14. The van der Waals surface area contributed by atoms with E-state index in [4.69, 9.17) is 23.2 Å². The van der Waals surface area contributed by atoms with Gasteiger partial charge in [-0.2, -0.15) is 0 Å². The maximum absolute atomic E-state index is 12.1. The monoisotopic (exact) mass is 388 g/mol. The molecule has 6 heteroatoms. The summed E-state index contributed by atoms with van der Waals surface area (Å²) in [4.78, 5) is 16.5. The van der Waals surface area contributed by atoms with Crippen molar-refractivity contribution in [3.8, 4) is 11.3 Å². The van der Waals surface area contributed by atoms with E-state index in [1.165, 1.54) is 23.0 Å². The van der Waals surface area contributed by atoms with Crippen LogP contribution in [0.5, 0.6) is 0 Å². The first-order valence-electron chi connectivity index (χ1n) is 7.48. The van der Waals surface area contributed by atoms with E-state index in [-0.39, 0.29) is 5.91 Å². The molecule has 1 N–H and O–H groups in total. The molecule has 0 aliphatic heterocycles. The van der Waals surface area contributed by atoms with Gasteiger partial charge in [-0.05, 0) is 30.7 Å². The lowest BCUT2D eigenvalue weighted by Gasteiger charge is -1.99. The summed E-state index contributed by atoms with van der Waals surface area (Å²) < 4.78 is 0. The predicted molar refractivity (Wildman–Crippen MR) is 106 cm³/mol. The van der Waals surface area contributed by atoms with Crippen molar-refractivity contribution in [1.29, 1.82) is 0 Å². The minimum atomic E-state index is -0.268. The van der Waals surface area contributed by atoms with Crippen molar-refractivity contribution in [2.24, 2.45) is 0 Å². The van der Waals surface area contributed by atoms with Crippen molar-refractivity contribution in [2.45, 2.75) is 6.92 Å². The molecule has 0 atom stereocenters. The summed E-state index contributed by atoms with van der Waals surface area (Å²) >= 11 is 13.3. The number of halogens is 2. The van der Waals surface area contributed by atoms with Gasteiger partial charge in [-0.15, -0.1) is 11.3 Å². The quantitative estimate of drug-likeness (QED) is 0.550. The number of nitrogens with one attached hydrogen (secondary N) is 1. The molecule has 1 amide bonds. The van der Waals surface area contributed by atoms with Gasteiger partial charge < -0.3 is 0 Å². The molecule has 0 fully saturated rings. The molecule has 126 valence electrons. The van der Waals surface area contributed by atoms with Crippen molar-refractivity contribution in [3.63, 3.8) is 0 Å². The summed E-state index contributed by atoms with van der Waals surface area (Å²) in [6.45, 7) is 2.04. The normalized spacial score (nSPS) is 11.0. The molecule has 1 heterocycles. The number of hydrogen-bond acceptors (Lipinski definition) is 3. The van der Waals surface area contributed by atoms with Crippen molar-refractivity contribution in [3.05, 3.63) is 75.1 Å². The average Bonchev–Trinajstić information content (AvgIpc) is 3.03. The van der Waals surface area contributed by atoms with Crippen LogP contribution in [-0.2, 0) is 4.79 Å². The minimum Gasteiger partial charge on any atom is -0.298 e. The molecule has 3 aromatic rings. The molecule has 25 heavy (non-hydrogen) atoms. The van der Waals surface area contributed by atoms with Gasteiger partial charge in [0.15, 0.2) is 5.13 Å². The number of thiazole rings is 1. The smallest absolute Gasteiger partial charge is 0.250 e. The van der Waals surface area contributed by atoms with Crippen LogP contribution < -0.4 is 5.32 Å². The lowest BCUT2D eigenvalue weighted by molar-refractivity contribution is -0.111. The molecule has 0 saturated heterocycles. The van der Waals surface area contributed by atoms with Crippen LogP contribution in [0.15, 0.2) is 53.9 Å². The molecule has 0 radical (unpaired) electrons. The van der Waals surface area contributed by atoms with Crippen LogP contribution >= 0.6 is 34.5 Å². The van der Waals surface area contributed by atoms with Gasteiger partial charge in [0.25, 0.3) is 0 Å². The highest BCUT2D eigenvalue weighted by molar-refractivity contribution is 7.14. The van der Waals surface area contributed by atoms with Crippen LogP contribution in [0.2, 0.25) is 10.0 Å². The molecular weight excluding hydrogens is 375 g/mol. The summed E-state index contributed by atoms with van der Waals surface area (Å²) in [5, 5.41) is 6.27. The molecule has 0 spiro atoms. The van der Waals surface area contributed by atoms with Crippen LogP contribution in [0.25, 0.3) is 17.3 Å². The fraction of sp³-hybridized carbons (Fsp3) is 0.0526. The SMILES string of the molecule is Cc1ccc(-c2csc(NC(=O)/C=C/c3ccc(Cl)cc3Cl)n2)cc1. The molecule has 3 rings (SSSR count). The Balaban J connectivity index is 1.67. The summed E-state index contributed by atoms with van der Waals surface area (Å²) in [6.07, 6.45) is 3.06. The molecule has 0 saturated carbocycles. The van der Waals surface area contributed by atoms with Crippen molar-refractivity contribution in [1.82, 2.24) is 4.98 Å². The van der Waals surface area contributed by atoms with Crippen molar-refractivity contribution < 1.29 is 4.79 Å². The number of rotatable bonds is 4. The van der Waals surface area contributed by atoms with E-state index in [2.05, 4.69) is 10.3 Å². The third kappa shape index (κ3) is 4.69. The zero-order valence-corrected chi connectivity index (χ0v) is 15.6. The second-order valence-electron chi connectivity index (χ2n) is 5.39. The number of amides is 1. The second kappa shape index (κ2) is 7.83. The number of hydrogen-bond donors (Lipinski definition) is 1. The lowest BCUT2D eigenvalue weighted by atomic mass is 10.1. The highest BCUT2D eigenvalue weighted by atomic mass is 35.5. The average molecular weight is 389 g/mol. The number of benzene rings is 2. The van der Waals surface area contributed by atoms with Gasteiger partial charge in [-0.1, -0.05) is 59.1 Å². The van der Waals surface area contributed by atoms with E-state index < -0.39 is 0 Å².